The average Bonchev–Trinajstić information content (AvgIpc) is 2.72. The van der Waals surface area contributed by atoms with E-state index in [1.807, 2.05) is 24.3 Å². The Hall–Kier alpha value is -2.61. The fourth-order valence-electron chi connectivity index (χ4n) is 3.17. The number of carbonyl (C=O) groups excluding carboxylic acids is 1. The Morgan fingerprint density at radius 3 is 2.55 bits per heavy atom. The molecule has 1 fully saturated rings. The van der Waals surface area contributed by atoms with Crippen molar-refractivity contribution in [1.82, 2.24) is 15.2 Å². The summed E-state index contributed by atoms with van der Waals surface area (Å²) in [6.07, 6.45) is 1.40. The Labute approximate surface area is 175 Å². The topological polar surface area (TPSA) is 77.4 Å². The molecule has 0 atom stereocenters. The molecular weight excluding hydrogens is 392 g/mol. The maximum absolute atomic E-state index is 12.1. The number of hydrazone groups is 1. The molecule has 2 N–H and O–H groups in total. The zero-order chi connectivity index (χ0) is 20.6. The Morgan fingerprint density at radius 2 is 1.86 bits per heavy atom. The molecule has 1 aliphatic heterocycles. The number of methoxy groups -OCH3 is 1. The molecule has 1 saturated heterocycles. The van der Waals surface area contributed by atoms with Crippen LogP contribution in [0.3, 0.4) is 0 Å². The standard InChI is InChI=1S/C21H25ClN4O3/c1-29-19-4-2-3-17(21(19)28)13-23-24-20(27)15-26-11-9-25(10-12-26)14-16-5-7-18(22)8-6-16/h2-8,13,28H,9-12,14-15H2,1H3,(H,24,27)/b23-13+. The summed E-state index contributed by atoms with van der Waals surface area (Å²) in [6.45, 7) is 4.61. The number of hydrogen-bond donors (Lipinski definition) is 2. The van der Waals surface area contributed by atoms with Gasteiger partial charge >= 0.3 is 0 Å². The van der Waals surface area contributed by atoms with Crippen LogP contribution in [-0.4, -0.2) is 66.9 Å². The Kier molecular flexibility index (Phi) is 7.46. The van der Waals surface area contributed by atoms with E-state index >= 15 is 0 Å². The molecule has 7 nitrogen and oxygen atoms in total. The summed E-state index contributed by atoms with van der Waals surface area (Å²) in [7, 11) is 1.48. The number of ether oxygens (including phenoxy) is 1. The number of aromatic hydroxyl groups is 1. The molecule has 29 heavy (non-hydrogen) atoms. The van der Waals surface area contributed by atoms with E-state index < -0.39 is 0 Å². The third-order valence-corrected chi connectivity index (χ3v) is 5.05. The van der Waals surface area contributed by atoms with Gasteiger partial charge in [0.05, 0.1) is 19.9 Å². The number of rotatable bonds is 7. The predicted octanol–water partition coefficient (Wildman–Crippen LogP) is 2.32. The van der Waals surface area contributed by atoms with Gasteiger partial charge in [-0.1, -0.05) is 29.8 Å². The Balaban J connectivity index is 1.41. The van der Waals surface area contributed by atoms with Crippen molar-refractivity contribution in [3.63, 3.8) is 0 Å². The van der Waals surface area contributed by atoms with Gasteiger partial charge in [0.1, 0.15) is 0 Å². The van der Waals surface area contributed by atoms with Crippen molar-refractivity contribution in [3.05, 3.63) is 58.6 Å². The van der Waals surface area contributed by atoms with Crippen molar-refractivity contribution in [3.8, 4) is 11.5 Å². The average molecular weight is 417 g/mol. The van der Waals surface area contributed by atoms with Crippen molar-refractivity contribution in [1.29, 1.82) is 0 Å². The highest BCUT2D eigenvalue weighted by atomic mass is 35.5. The van der Waals surface area contributed by atoms with E-state index in [2.05, 4.69) is 20.3 Å². The zero-order valence-corrected chi connectivity index (χ0v) is 17.1. The minimum absolute atomic E-state index is 0.00944. The summed E-state index contributed by atoms with van der Waals surface area (Å²) in [5.41, 5.74) is 4.22. The molecule has 1 amide bonds. The number of hydrogen-bond acceptors (Lipinski definition) is 6. The van der Waals surface area contributed by atoms with E-state index in [1.165, 1.54) is 18.9 Å². The number of nitrogens with zero attached hydrogens (tertiary/aromatic N) is 3. The molecule has 2 aromatic carbocycles. The summed E-state index contributed by atoms with van der Waals surface area (Å²) in [5, 5.41) is 14.7. The van der Waals surface area contributed by atoms with Gasteiger partial charge in [0.25, 0.3) is 5.91 Å². The molecule has 2 aromatic rings. The largest absolute Gasteiger partial charge is 0.504 e. The van der Waals surface area contributed by atoms with Gasteiger partial charge < -0.3 is 9.84 Å². The summed E-state index contributed by atoms with van der Waals surface area (Å²) < 4.78 is 5.05. The highest BCUT2D eigenvalue weighted by Crippen LogP contribution is 2.27. The van der Waals surface area contributed by atoms with Crippen LogP contribution in [0.15, 0.2) is 47.6 Å². The van der Waals surface area contributed by atoms with E-state index in [0.29, 0.717) is 11.3 Å². The normalized spacial score (nSPS) is 15.5. The molecule has 0 aliphatic carbocycles. The summed E-state index contributed by atoms with van der Waals surface area (Å²) in [5.74, 6) is 0.163. The van der Waals surface area contributed by atoms with Gasteiger partial charge in [-0.05, 0) is 29.8 Å². The number of halogens is 1. The van der Waals surface area contributed by atoms with Crippen LogP contribution in [0.5, 0.6) is 11.5 Å². The molecule has 0 spiro atoms. The molecule has 0 saturated carbocycles. The molecule has 154 valence electrons. The number of phenols is 1. The SMILES string of the molecule is COc1cccc(/C=N/NC(=O)CN2CCN(Cc3ccc(Cl)cc3)CC2)c1O. The van der Waals surface area contributed by atoms with Gasteiger partial charge in [-0.15, -0.1) is 0 Å². The minimum atomic E-state index is -0.185. The zero-order valence-electron chi connectivity index (χ0n) is 16.3. The number of benzene rings is 2. The minimum Gasteiger partial charge on any atom is -0.504 e. The maximum atomic E-state index is 12.1. The van der Waals surface area contributed by atoms with Crippen LogP contribution >= 0.6 is 11.6 Å². The first kappa shape index (κ1) is 21.1. The van der Waals surface area contributed by atoms with Crippen molar-refractivity contribution in [2.75, 3.05) is 39.8 Å². The number of piperazine rings is 1. The Morgan fingerprint density at radius 1 is 1.17 bits per heavy atom. The lowest BCUT2D eigenvalue weighted by atomic mass is 10.2. The van der Waals surface area contributed by atoms with Gasteiger partial charge in [-0.3, -0.25) is 14.6 Å². The second kappa shape index (κ2) is 10.2. The molecule has 1 heterocycles. The first-order valence-electron chi connectivity index (χ1n) is 9.42. The predicted molar refractivity (Wildman–Crippen MR) is 114 cm³/mol. The van der Waals surface area contributed by atoms with Crippen LogP contribution in [0.2, 0.25) is 5.02 Å². The number of phenolic OH excluding ortho intramolecular Hbond substituents is 1. The van der Waals surface area contributed by atoms with Crippen LogP contribution in [0.1, 0.15) is 11.1 Å². The van der Waals surface area contributed by atoms with Crippen molar-refractivity contribution < 1.29 is 14.6 Å². The highest BCUT2D eigenvalue weighted by Gasteiger charge is 2.19. The summed E-state index contributed by atoms with van der Waals surface area (Å²) >= 11 is 5.93. The molecule has 0 radical (unpaired) electrons. The van der Waals surface area contributed by atoms with Gasteiger partial charge in [-0.2, -0.15) is 5.10 Å². The van der Waals surface area contributed by atoms with Gasteiger partial charge in [0.2, 0.25) is 0 Å². The lowest BCUT2D eigenvalue weighted by Gasteiger charge is -2.34. The van der Waals surface area contributed by atoms with Crippen LogP contribution < -0.4 is 10.2 Å². The first-order valence-corrected chi connectivity index (χ1v) is 9.80. The van der Waals surface area contributed by atoms with Gasteiger partial charge in [0, 0.05) is 43.3 Å². The van der Waals surface area contributed by atoms with E-state index in [4.69, 9.17) is 16.3 Å². The second-order valence-corrected chi connectivity index (χ2v) is 7.31. The number of amides is 1. The van der Waals surface area contributed by atoms with E-state index in [9.17, 15) is 9.90 Å². The smallest absolute Gasteiger partial charge is 0.254 e. The molecule has 8 heteroatoms. The van der Waals surface area contributed by atoms with Crippen LogP contribution in [0.4, 0.5) is 0 Å². The van der Waals surface area contributed by atoms with Crippen molar-refractivity contribution in [2.45, 2.75) is 6.54 Å². The lowest BCUT2D eigenvalue weighted by Crippen LogP contribution is -2.48. The highest BCUT2D eigenvalue weighted by molar-refractivity contribution is 6.30. The summed E-state index contributed by atoms with van der Waals surface area (Å²) in [6, 6.07) is 13.0. The number of para-hydroxylation sites is 1. The van der Waals surface area contributed by atoms with E-state index in [1.54, 1.807) is 18.2 Å². The molecule has 0 bridgehead atoms. The monoisotopic (exact) mass is 416 g/mol. The third-order valence-electron chi connectivity index (χ3n) is 4.79. The quantitative estimate of drug-likeness (QED) is 0.535. The lowest BCUT2D eigenvalue weighted by molar-refractivity contribution is -0.122. The summed E-state index contributed by atoms with van der Waals surface area (Å²) in [4.78, 5) is 16.6. The maximum Gasteiger partial charge on any atom is 0.254 e. The third kappa shape index (κ3) is 6.19. The second-order valence-electron chi connectivity index (χ2n) is 6.87. The fraction of sp³-hybridized carbons (Fsp3) is 0.333. The molecular formula is C21H25ClN4O3. The molecule has 1 aliphatic rings. The first-order chi connectivity index (χ1) is 14.0. The Bertz CT molecular complexity index is 850. The van der Waals surface area contributed by atoms with E-state index in [0.717, 1.165) is 37.7 Å². The molecule has 0 unspecified atom stereocenters. The van der Waals surface area contributed by atoms with Crippen LogP contribution in [0.25, 0.3) is 0 Å². The van der Waals surface area contributed by atoms with Crippen LogP contribution in [0, 0.1) is 0 Å². The number of carbonyl (C=O) groups is 1. The van der Waals surface area contributed by atoms with Crippen LogP contribution in [-0.2, 0) is 11.3 Å². The van der Waals surface area contributed by atoms with Crippen molar-refractivity contribution >= 4 is 23.7 Å². The fourth-order valence-corrected chi connectivity index (χ4v) is 3.30. The molecule has 0 aromatic heterocycles. The van der Waals surface area contributed by atoms with Gasteiger partial charge in [-0.25, -0.2) is 5.43 Å². The van der Waals surface area contributed by atoms with Gasteiger partial charge in [0.15, 0.2) is 11.5 Å². The molecule has 3 rings (SSSR count). The van der Waals surface area contributed by atoms with E-state index in [-0.39, 0.29) is 18.2 Å². The number of nitrogens with one attached hydrogen (secondary N) is 1. The van der Waals surface area contributed by atoms with Crippen molar-refractivity contribution in [2.24, 2.45) is 5.10 Å².